The first-order valence-electron chi connectivity index (χ1n) is 13.9. The molecule has 0 bridgehead atoms. The number of fused-ring (bicyclic) bond motifs is 2. The molecule has 0 saturated heterocycles. The minimum Gasteiger partial charge on any atom is -0.497 e. The van der Waals surface area contributed by atoms with E-state index in [0.717, 1.165) is 5.52 Å². The van der Waals surface area contributed by atoms with Gasteiger partial charge in [0.15, 0.2) is 0 Å². The van der Waals surface area contributed by atoms with Gasteiger partial charge in [-0.15, -0.1) is 0 Å². The van der Waals surface area contributed by atoms with Gasteiger partial charge in [-0.3, -0.25) is 9.59 Å². The van der Waals surface area contributed by atoms with Crippen LogP contribution >= 0.6 is 0 Å². The summed E-state index contributed by atoms with van der Waals surface area (Å²) in [5, 5.41) is 2.82. The fourth-order valence-electron chi connectivity index (χ4n) is 5.37. The number of aromatic nitrogens is 4. The summed E-state index contributed by atoms with van der Waals surface area (Å²) >= 11 is 0. The molecule has 5 aromatic carbocycles. The Morgan fingerprint density at radius 2 is 1.53 bits per heavy atom. The Bertz CT molecular complexity index is 2400. The first-order chi connectivity index (χ1) is 21.8. The Kier molecular flexibility index (Phi) is 6.79. The van der Waals surface area contributed by atoms with Gasteiger partial charge in [-0.05, 0) is 72.8 Å². The number of H-pyrrole nitrogens is 1. The van der Waals surface area contributed by atoms with Crippen molar-refractivity contribution < 1.29 is 17.9 Å². The summed E-state index contributed by atoms with van der Waals surface area (Å²) in [5.74, 6) is -0.130. The van der Waals surface area contributed by atoms with Crippen molar-refractivity contribution in [2.24, 2.45) is 0 Å². The summed E-state index contributed by atoms with van der Waals surface area (Å²) in [6, 6.07) is 32.1. The normalized spacial score (nSPS) is 11.6. The molecule has 0 aliphatic carbocycles. The summed E-state index contributed by atoms with van der Waals surface area (Å²) < 4.78 is 37.1. The highest BCUT2D eigenvalue weighted by Crippen LogP contribution is 2.34. The van der Waals surface area contributed by atoms with Gasteiger partial charge in [-0.1, -0.05) is 42.5 Å². The maximum Gasteiger partial charge on any atom is 0.280 e. The summed E-state index contributed by atoms with van der Waals surface area (Å²) in [4.78, 5) is 34.7. The zero-order chi connectivity index (χ0) is 31.1. The Morgan fingerprint density at radius 1 is 0.822 bits per heavy atom. The zero-order valence-electron chi connectivity index (χ0n) is 23.8. The van der Waals surface area contributed by atoms with Gasteiger partial charge in [0, 0.05) is 11.3 Å². The van der Waals surface area contributed by atoms with Crippen LogP contribution < -0.4 is 15.6 Å². The minimum absolute atomic E-state index is 0.0264. The number of nitrogens with zero attached hydrogens (tertiary/aromatic N) is 3. The zero-order valence-corrected chi connectivity index (χ0v) is 24.7. The van der Waals surface area contributed by atoms with E-state index in [9.17, 15) is 18.0 Å². The molecular formula is C34H25N5O5S. The monoisotopic (exact) mass is 615 g/mol. The molecule has 0 unspecified atom stereocenters. The second kappa shape index (κ2) is 11.0. The SMILES string of the molecule is COc1cccc(S(=O)(=O)c2cc(NC(=O)c3ccc4[nH]cnc4c3)cc3c2c(=O)n(-c2ccccc2)n3-c2ccccc2)c1. The standard InChI is InChI=1S/C34H25N5O5S/c1-44-26-13-8-14-27(20-26)45(42,43)31-19-23(37-33(40)22-15-16-28-29(17-22)36-21-35-28)18-30-32(31)34(41)39(25-11-6-3-7-12-25)38(30)24-9-4-2-5-10-24/h2-21H,1H3,(H,35,36)(H,37,40). The molecule has 7 aromatic rings. The third kappa shape index (κ3) is 4.85. The van der Waals surface area contributed by atoms with Crippen LogP contribution in [0, 0.1) is 0 Å². The highest BCUT2D eigenvalue weighted by atomic mass is 32.2. The molecule has 11 heteroatoms. The molecule has 0 atom stereocenters. The van der Waals surface area contributed by atoms with E-state index in [4.69, 9.17) is 4.74 Å². The molecule has 0 radical (unpaired) electrons. The predicted octanol–water partition coefficient (Wildman–Crippen LogP) is 5.75. The van der Waals surface area contributed by atoms with Crippen LogP contribution in [0.2, 0.25) is 0 Å². The maximum atomic E-state index is 14.4. The number of rotatable bonds is 7. The van der Waals surface area contributed by atoms with Crippen LogP contribution in [-0.4, -0.2) is 40.8 Å². The van der Waals surface area contributed by atoms with Crippen molar-refractivity contribution in [1.29, 1.82) is 0 Å². The quantitative estimate of drug-likeness (QED) is 0.235. The highest BCUT2D eigenvalue weighted by Gasteiger charge is 2.28. The van der Waals surface area contributed by atoms with Crippen molar-refractivity contribution >= 4 is 43.4 Å². The van der Waals surface area contributed by atoms with E-state index in [1.807, 2.05) is 36.4 Å². The number of carbonyl (C=O) groups is 1. The molecule has 2 heterocycles. The molecule has 0 spiro atoms. The van der Waals surface area contributed by atoms with Gasteiger partial charge in [0.1, 0.15) is 5.75 Å². The van der Waals surface area contributed by atoms with Crippen molar-refractivity contribution in [2.45, 2.75) is 9.79 Å². The van der Waals surface area contributed by atoms with Gasteiger partial charge in [0.2, 0.25) is 9.84 Å². The second-order valence-corrected chi connectivity index (χ2v) is 12.2. The van der Waals surface area contributed by atoms with E-state index in [0.29, 0.717) is 28.2 Å². The number of anilines is 1. The van der Waals surface area contributed by atoms with Gasteiger partial charge in [0.05, 0.1) is 56.5 Å². The van der Waals surface area contributed by atoms with E-state index in [1.165, 1.54) is 36.3 Å². The maximum absolute atomic E-state index is 14.4. The van der Waals surface area contributed by atoms with Crippen LogP contribution in [0.15, 0.2) is 136 Å². The van der Waals surface area contributed by atoms with Crippen molar-refractivity contribution in [3.8, 4) is 17.1 Å². The number of nitrogens with one attached hydrogen (secondary N) is 2. The lowest BCUT2D eigenvalue weighted by molar-refractivity contribution is 0.102. The molecule has 2 N–H and O–H groups in total. The van der Waals surface area contributed by atoms with Gasteiger partial charge in [0.25, 0.3) is 11.5 Å². The molecule has 0 aliphatic heterocycles. The number of benzene rings is 5. The molecule has 45 heavy (non-hydrogen) atoms. The van der Waals surface area contributed by atoms with Crippen LogP contribution in [0.5, 0.6) is 5.75 Å². The molecule has 0 saturated carbocycles. The Balaban J connectivity index is 1.51. The Hall–Kier alpha value is -5.94. The molecular weight excluding hydrogens is 590 g/mol. The number of hydrogen-bond acceptors (Lipinski definition) is 6. The topological polar surface area (TPSA) is 128 Å². The number of hydrogen-bond donors (Lipinski definition) is 2. The molecule has 2 aromatic heterocycles. The van der Waals surface area contributed by atoms with Crippen LogP contribution in [0.3, 0.4) is 0 Å². The fraction of sp³-hybridized carbons (Fsp3) is 0.0294. The van der Waals surface area contributed by atoms with E-state index in [2.05, 4.69) is 15.3 Å². The molecule has 1 amide bonds. The molecule has 0 fully saturated rings. The number of amides is 1. The summed E-state index contributed by atoms with van der Waals surface area (Å²) in [6.07, 6.45) is 1.54. The first kappa shape index (κ1) is 27.9. The van der Waals surface area contributed by atoms with Crippen molar-refractivity contribution in [3.63, 3.8) is 0 Å². The van der Waals surface area contributed by atoms with Crippen LogP contribution in [0.4, 0.5) is 5.69 Å². The number of carbonyl (C=O) groups excluding carboxylic acids is 1. The van der Waals surface area contributed by atoms with Gasteiger partial charge in [-0.25, -0.2) is 22.8 Å². The van der Waals surface area contributed by atoms with E-state index in [-0.39, 0.29) is 26.4 Å². The third-order valence-corrected chi connectivity index (χ3v) is 9.28. The molecule has 7 rings (SSSR count). The van der Waals surface area contributed by atoms with E-state index >= 15 is 0 Å². The van der Waals surface area contributed by atoms with E-state index in [1.54, 1.807) is 65.3 Å². The minimum atomic E-state index is -4.30. The van der Waals surface area contributed by atoms with Crippen LogP contribution in [0.1, 0.15) is 10.4 Å². The van der Waals surface area contributed by atoms with Crippen molar-refractivity contribution in [3.05, 3.63) is 138 Å². The van der Waals surface area contributed by atoms with E-state index < -0.39 is 21.3 Å². The number of para-hydroxylation sites is 2. The number of sulfone groups is 1. The number of aromatic amines is 1. The molecule has 222 valence electrons. The van der Waals surface area contributed by atoms with Crippen molar-refractivity contribution in [1.82, 2.24) is 19.3 Å². The number of methoxy groups -OCH3 is 1. The lowest BCUT2D eigenvalue weighted by Crippen LogP contribution is -2.20. The molecule has 0 aliphatic rings. The second-order valence-electron chi connectivity index (χ2n) is 10.2. The summed E-state index contributed by atoms with van der Waals surface area (Å²) in [7, 11) is -2.86. The highest BCUT2D eigenvalue weighted by molar-refractivity contribution is 7.91. The molecule has 10 nitrogen and oxygen atoms in total. The predicted molar refractivity (Wildman–Crippen MR) is 171 cm³/mol. The lowest BCUT2D eigenvalue weighted by atomic mass is 10.1. The van der Waals surface area contributed by atoms with Gasteiger partial charge >= 0.3 is 0 Å². The van der Waals surface area contributed by atoms with Gasteiger partial charge < -0.3 is 15.0 Å². The number of ether oxygens (including phenoxy) is 1. The first-order valence-corrected chi connectivity index (χ1v) is 15.4. The fourth-order valence-corrected chi connectivity index (χ4v) is 6.89. The number of imidazole rings is 1. The smallest absolute Gasteiger partial charge is 0.280 e. The van der Waals surface area contributed by atoms with Crippen molar-refractivity contribution in [2.75, 3.05) is 12.4 Å². The summed E-state index contributed by atoms with van der Waals surface area (Å²) in [5.41, 5.74) is 2.79. The van der Waals surface area contributed by atoms with Crippen LogP contribution in [-0.2, 0) is 9.84 Å². The summed E-state index contributed by atoms with van der Waals surface area (Å²) in [6.45, 7) is 0. The Morgan fingerprint density at radius 3 is 2.24 bits per heavy atom. The largest absolute Gasteiger partial charge is 0.497 e. The average molecular weight is 616 g/mol. The van der Waals surface area contributed by atoms with Crippen LogP contribution in [0.25, 0.3) is 33.3 Å². The van der Waals surface area contributed by atoms with Gasteiger partial charge in [-0.2, -0.15) is 0 Å². The third-order valence-electron chi connectivity index (χ3n) is 7.50. The Labute approximate surface area is 257 Å². The lowest BCUT2D eigenvalue weighted by Gasteiger charge is -2.14. The average Bonchev–Trinajstić information content (AvgIpc) is 3.67.